The van der Waals surface area contributed by atoms with Crippen molar-refractivity contribution < 1.29 is 4.74 Å². The molecule has 0 spiro atoms. The summed E-state index contributed by atoms with van der Waals surface area (Å²) in [6.45, 7) is 1.90. The van der Waals surface area contributed by atoms with Crippen LogP contribution in [0.1, 0.15) is 12.5 Å². The molecule has 2 rings (SSSR count). The first-order chi connectivity index (χ1) is 8.76. The van der Waals surface area contributed by atoms with Gasteiger partial charge in [-0.1, -0.05) is 18.2 Å². The molecular formula is C15H15NO2. The lowest BCUT2D eigenvalue weighted by molar-refractivity contribution is 0.369. The van der Waals surface area contributed by atoms with E-state index in [1.54, 1.807) is 30.0 Å². The van der Waals surface area contributed by atoms with Gasteiger partial charge in [-0.25, -0.2) is 0 Å². The number of hydrogen-bond acceptors (Lipinski definition) is 2. The Hall–Kier alpha value is -2.29. The molecule has 0 unspecified atom stereocenters. The predicted molar refractivity (Wildman–Crippen MR) is 72.7 cm³/mol. The Morgan fingerprint density at radius 3 is 2.50 bits per heavy atom. The zero-order valence-electron chi connectivity index (χ0n) is 10.5. The minimum atomic E-state index is -0.0588. The zero-order chi connectivity index (χ0) is 13.0. The molecule has 0 saturated carbocycles. The lowest BCUT2D eigenvalue weighted by Gasteiger charge is -2.10. The SMILES string of the molecule is CC=C(OC)c1ccc(=O)n(-c2ccccc2)c1. The second-order valence-corrected chi connectivity index (χ2v) is 3.82. The van der Waals surface area contributed by atoms with E-state index < -0.39 is 0 Å². The third-order valence-corrected chi connectivity index (χ3v) is 2.71. The smallest absolute Gasteiger partial charge is 0.255 e. The van der Waals surface area contributed by atoms with Gasteiger partial charge in [-0.15, -0.1) is 0 Å². The summed E-state index contributed by atoms with van der Waals surface area (Å²) in [7, 11) is 1.62. The molecule has 18 heavy (non-hydrogen) atoms. The molecule has 1 aromatic heterocycles. The first kappa shape index (κ1) is 12.2. The summed E-state index contributed by atoms with van der Waals surface area (Å²) < 4.78 is 6.87. The standard InChI is InChI=1S/C15H15NO2/c1-3-14(18-2)12-9-10-15(17)16(11-12)13-7-5-4-6-8-13/h3-11H,1-2H3. The second-order valence-electron chi connectivity index (χ2n) is 3.82. The Balaban J connectivity index is 2.56. The van der Waals surface area contributed by atoms with Gasteiger partial charge in [0.05, 0.1) is 7.11 Å². The minimum Gasteiger partial charge on any atom is -0.496 e. The van der Waals surface area contributed by atoms with Gasteiger partial charge in [-0.2, -0.15) is 0 Å². The highest BCUT2D eigenvalue weighted by Gasteiger charge is 2.04. The van der Waals surface area contributed by atoms with Gasteiger partial charge in [0.1, 0.15) is 5.76 Å². The third kappa shape index (κ3) is 2.35. The van der Waals surface area contributed by atoms with E-state index in [4.69, 9.17) is 4.74 Å². The molecule has 0 aliphatic rings. The van der Waals surface area contributed by atoms with Crippen LogP contribution in [0.25, 0.3) is 11.4 Å². The van der Waals surface area contributed by atoms with Crippen molar-refractivity contribution in [3.8, 4) is 5.69 Å². The fourth-order valence-corrected chi connectivity index (χ4v) is 1.83. The average Bonchev–Trinajstić information content (AvgIpc) is 2.43. The highest BCUT2D eigenvalue weighted by molar-refractivity contribution is 5.58. The summed E-state index contributed by atoms with van der Waals surface area (Å²) in [5, 5.41) is 0. The molecule has 0 fully saturated rings. The van der Waals surface area contributed by atoms with Crippen LogP contribution in [0.4, 0.5) is 0 Å². The van der Waals surface area contributed by atoms with Crippen LogP contribution in [0.2, 0.25) is 0 Å². The first-order valence-electron chi connectivity index (χ1n) is 5.75. The Morgan fingerprint density at radius 2 is 1.89 bits per heavy atom. The van der Waals surface area contributed by atoms with Crippen molar-refractivity contribution in [2.45, 2.75) is 6.92 Å². The Bertz CT molecular complexity index is 612. The average molecular weight is 241 g/mol. The number of rotatable bonds is 3. The Morgan fingerprint density at radius 1 is 1.17 bits per heavy atom. The molecule has 1 aromatic carbocycles. The van der Waals surface area contributed by atoms with Crippen LogP contribution in [0.5, 0.6) is 0 Å². The maximum atomic E-state index is 11.9. The van der Waals surface area contributed by atoms with Crippen LogP contribution < -0.4 is 5.56 Å². The van der Waals surface area contributed by atoms with E-state index >= 15 is 0 Å². The number of nitrogens with zero attached hydrogens (tertiary/aromatic N) is 1. The number of para-hydroxylation sites is 1. The highest BCUT2D eigenvalue weighted by Crippen LogP contribution is 2.14. The quantitative estimate of drug-likeness (QED) is 0.774. The van der Waals surface area contributed by atoms with Gasteiger partial charge in [-0.3, -0.25) is 9.36 Å². The van der Waals surface area contributed by atoms with Gasteiger partial charge in [0, 0.05) is 23.5 Å². The van der Waals surface area contributed by atoms with Crippen molar-refractivity contribution >= 4 is 5.76 Å². The second kappa shape index (κ2) is 5.36. The molecule has 0 radical (unpaired) electrons. The first-order valence-corrected chi connectivity index (χ1v) is 5.75. The van der Waals surface area contributed by atoms with Crippen LogP contribution in [-0.2, 0) is 4.74 Å². The molecule has 0 N–H and O–H groups in total. The third-order valence-electron chi connectivity index (χ3n) is 2.71. The fourth-order valence-electron chi connectivity index (χ4n) is 1.83. The Labute approximate surface area is 106 Å². The molecule has 0 aliphatic heterocycles. The molecule has 92 valence electrons. The van der Waals surface area contributed by atoms with E-state index in [2.05, 4.69) is 0 Å². The molecular weight excluding hydrogens is 226 g/mol. The van der Waals surface area contributed by atoms with E-state index in [0.717, 1.165) is 17.0 Å². The van der Waals surface area contributed by atoms with Crippen LogP contribution in [0.3, 0.4) is 0 Å². The molecule has 0 bridgehead atoms. The van der Waals surface area contributed by atoms with Gasteiger partial charge in [0.25, 0.3) is 5.56 Å². The number of pyridine rings is 1. The van der Waals surface area contributed by atoms with Crippen LogP contribution in [0, 0.1) is 0 Å². The highest BCUT2D eigenvalue weighted by atomic mass is 16.5. The maximum Gasteiger partial charge on any atom is 0.255 e. The van der Waals surface area contributed by atoms with E-state index in [-0.39, 0.29) is 5.56 Å². The van der Waals surface area contributed by atoms with Crippen molar-refractivity contribution in [3.05, 3.63) is 70.7 Å². The molecule has 0 atom stereocenters. The Kier molecular flexibility index (Phi) is 3.63. The van der Waals surface area contributed by atoms with E-state index in [9.17, 15) is 4.79 Å². The van der Waals surface area contributed by atoms with Gasteiger partial charge < -0.3 is 4.74 Å². The van der Waals surface area contributed by atoms with Gasteiger partial charge in [-0.05, 0) is 31.2 Å². The number of benzene rings is 1. The van der Waals surface area contributed by atoms with Crippen molar-refractivity contribution in [1.29, 1.82) is 0 Å². The van der Waals surface area contributed by atoms with Crippen LogP contribution in [-0.4, -0.2) is 11.7 Å². The van der Waals surface area contributed by atoms with Crippen LogP contribution in [0.15, 0.2) is 59.5 Å². The molecule has 0 aliphatic carbocycles. The fraction of sp³-hybridized carbons (Fsp3) is 0.133. The zero-order valence-corrected chi connectivity index (χ0v) is 10.5. The summed E-state index contributed by atoms with van der Waals surface area (Å²) in [6, 6.07) is 12.8. The van der Waals surface area contributed by atoms with Gasteiger partial charge in [0.2, 0.25) is 0 Å². The number of ether oxygens (including phenoxy) is 1. The summed E-state index contributed by atoms with van der Waals surface area (Å²) in [6.07, 6.45) is 3.66. The lowest BCUT2D eigenvalue weighted by atomic mass is 10.2. The van der Waals surface area contributed by atoms with Crippen molar-refractivity contribution in [1.82, 2.24) is 4.57 Å². The van der Waals surface area contributed by atoms with E-state index in [0.29, 0.717) is 0 Å². The normalized spacial score (nSPS) is 11.3. The van der Waals surface area contributed by atoms with Crippen molar-refractivity contribution in [3.63, 3.8) is 0 Å². The molecule has 1 heterocycles. The molecule has 0 saturated heterocycles. The molecule has 3 nitrogen and oxygen atoms in total. The molecule has 0 amide bonds. The number of methoxy groups -OCH3 is 1. The van der Waals surface area contributed by atoms with Crippen molar-refractivity contribution in [2.75, 3.05) is 7.11 Å². The summed E-state index contributed by atoms with van der Waals surface area (Å²) in [4.78, 5) is 11.9. The van der Waals surface area contributed by atoms with Gasteiger partial charge >= 0.3 is 0 Å². The maximum absolute atomic E-state index is 11.9. The van der Waals surface area contributed by atoms with E-state index in [1.165, 1.54) is 0 Å². The minimum absolute atomic E-state index is 0.0588. The number of aromatic nitrogens is 1. The topological polar surface area (TPSA) is 31.2 Å². The van der Waals surface area contributed by atoms with Crippen molar-refractivity contribution in [2.24, 2.45) is 0 Å². The van der Waals surface area contributed by atoms with E-state index in [1.807, 2.05) is 43.3 Å². The molecule has 2 aromatic rings. The summed E-state index contributed by atoms with van der Waals surface area (Å²) in [5.74, 6) is 0.750. The lowest BCUT2D eigenvalue weighted by Crippen LogP contribution is -2.17. The number of allylic oxidation sites excluding steroid dienone is 1. The summed E-state index contributed by atoms with van der Waals surface area (Å²) >= 11 is 0. The predicted octanol–water partition coefficient (Wildman–Crippen LogP) is 2.84. The summed E-state index contributed by atoms with van der Waals surface area (Å²) in [5.41, 5.74) is 1.66. The largest absolute Gasteiger partial charge is 0.496 e. The monoisotopic (exact) mass is 241 g/mol. The number of hydrogen-bond donors (Lipinski definition) is 0. The molecule has 3 heteroatoms. The van der Waals surface area contributed by atoms with Gasteiger partial charge in [0.15, 0.2) is 0 Å². The van der Waals surface area contributed by atoms with Crippen LogP contribution >= 0.6 is 0 Å².